The predicted molar refractivity (Wildman–Crippen MR) is 30.8 cm³/mol. The minimum absolute atomic E-state index is 0. The van der Waals surface area contributed by atoms with Gasteiger partial charge in [-0.15, -0.1) is 0 Å². The van der Waals surface area contributed by atoms with Gasteiger partial charge in [-0.2, -0.15) is 4.14 Å². The van der Waals surface area contributed by atoms with Crippen LogP contribution in [-0.2, 0) is 0 Å². The Hall–Kier alpha value is 0.905. The molecule has 0 saturated heterocycles. The minimum Gasteiger partial charge on any atom is -0.412 e. The Bertz CT molecular complexity index is 9.65. The summed E-state index contributed by atoms with van der Waals surface area (Å²) in [5, 5.41) is 0. The first-order chi connectivity index (χ1) is 1.41. The van der Waals surface area contributed by atoms with E-state index in [4.69, 9.17) is 0 Å². The molecule has 7 heavy (non-hydrogen) atoms. The number of hydrogen-bond donors (Lipinski definition) is 0. The molecule has 6 heteroatoms. The lowest BCUT2D eigenvalue weighted by molar-refractivity contribution is 0.823. The summed E-state index contributed by atoms with van der Waals surface area (Å²) in [5.41, 5.74) is 0. The minimum atomic E-state index is 0. The van der Waals surface area contributed by atoms with E-state index >= 15 is 0 Å². The van der Waals surface area contributed by atoms with Crippen molar-refractivity contribution < 1.29 is 21.9 Å². The largest absolute Gasteiger partial charge is 0.412 e. The zero-order valence-electron chi connectivity index (χ0n) is 3.86. The van der Waals surface area contributed by atoms with Crippen LogP contribution in [0.3, 0.4) is 0 Å². The molecule has 0 amide bonds. The van der Waals surface area contributed by atoms with E-state index in [0.717, 1.165) is 4.14 Å². The fraction of sp³-hybridized carbons (Fsp3) is 1.00. The molecule has 0 aromatic rings. The Balaban J connectivity index is -0.00000000333. The monoisotopic (exact) mass is 140 g/mol. The highest BCUT2D eigenvalue weighted by atomic mass is 27.1. The molecule has 0 spiro atoms. The van der Waals surface area contributed by atoms with Crippen LogP contribution in [0.25, 0.3) is 0 Å². The van der Waals surface area contributed by atoms with Crippen molar-refractivity contribution in [1.82, 2.24) is 0 Å². The third-order valence-corrected chi connectivity index (χ3v) is 0. The lowest BCUT2D eigenvalue weighted by Crippen LogP contribution is -1.53. The Morgan fingerprint density at radius 3 is 0.714 bits per heavy atom. The van der Waals surface area contributed by atoms with E-state index in [1.54, 1.807) is 0 Å². The lowest BCUT2D eigenvalue weighted by atomic mass is 11.9. The topological polar surface area (TPSA) is 126 Å². The Morgan fingerprint density at radius 1 is 0.714 bits per heavy atom. The third kappa shape index (κ3) is 203. The summed E-state index contributed by atoms with van der Waals surface area (Å²) in [5.74, 6) is 0. The van der Waals surface area contributed by atoms with E-state index in [9.17, 15) is 0 Å². The molecule has 4 radical (unpaired) electrons. The maximum absolute atomic E-state index is 2.54. The van der Waals surface area contributed by atoms with Gasteiger partial charge < -0.3 is 21.9 Å². The normalized spacial score (nSPS) is 2.29. The van der Waals surface area contributed by atoms with Gasteiger partial charge in [0.05, 0.1) is 32.6 Å². The Labute approximate surface area is 59.0 Å². The summed E-state index contributed by atoms with van der Waals surface area (Å²) in [6.07, 6.45) is 0. The fourth-order valence-corrected chi connectivity index (χ4v) is 0. The highest BCUT2D eigenvalue weighted by molar-refractivity contribution is 6.31. The Kier molecular flexibility index (Phi) is 423. The van der Waals surface area contributed by atoms with Crippen molar-refractivity contribution in [2.75, 3.05) is 0 Å². The third-order valence-electron chi connectivity index (χ3n) is 0. The lowest BCUT2D eigenvalue weighted by Gasteiger charge is -1.46. The molecule has 0 bridgehead atoms. The number of hydrogen-bond acceptors (Lipinski definition) is 0. The first-order valence-electron chi connectivity index (χ1n) is 0.816. The van der Waals surface area contributed by atoms with Gasteiger partial charge in [0.1, 0.15) is 0 Å². The van der Waals surface area contributed by atoms with Crippen LogP contribution in [-0.4, -0.2) is 54.5 Å². The van der Waals surface area contributed by atoms with Crippen molar-refractivity contribution in [2.24, 2.45) is 0 Å². The number of rotatable bonds is 0. The first-order valence-corrected chi connectivity index (χ1v) is 2.45. The summed E-state index contributed by atoms with van der Waals surface area (Å²) < 4.78 is 1.08. The van der Waals surface area contributed by atoms with Crippen LogP contribution in [0.1, 0.15) is 0 Å². The van der Waals surface area contributed by atoms with Gasteiger partial charge in [-0.3, -0.25) is 0 Å². The molecule has 4 nitrogen and oxygen atoms in total. The zero-order chi connectivity index (χ0) is 2.71. The molecule has 0 aliphatic heterocycles. The second-order valence-corrected chi connectivity index (χ2v) is 2.12. The molecule has 0 rings (SSSR count). The molecule has 0 aromatic carbocycles. The van der Waals surface area contributed by atoms with Crippen molar-refractivity contribution in [1.29, 1.82) is 0 Å². The maximum atomic E-state index is 2.54. The van der Waals surface area contributed by atoms with Gasteiger partial charge in [0.2, 0.25) is 0 Å². The van der Waals surface area contributed by atoms with Crippen molar-refractivity contribution >= 4 is 32.6 Å². The standard InChI is InChI=1S/CH2.2Al.4H2O/h1H2;;;4*1H2. The molecular weight excluding hydrogens is 130 g/mol. The predicted octanol–water partition coefficient (Wildman–Crippen LogP) is -3.60. The molecule has 0 fully saturated rings. The molecule has 0 heterocycles. The maximum Gasteiger partial charge on any atom is 0.0934 e. The van der Waals surface area contributed by atoms with E-state index in [1.165, 1.54) is 0 Å². The molecule has 0 unspecified atom stereocenters. The van der Waals surface area contributed by atoms with E-state index in [-0.39, 0.29) is 21.9 Å². The van der Waals surface area contributed by atoms with E-state index in [2.05, 4.69) is 32.6 Å². The average molecular weight is 140 g/mol. The van der Waals surface area contributed by atoms with Gasteiger partial charge in [0.25, 0.3) is 0 Å². The summed E-state index contributed by atoms with van der Waals surface area (Å²) in [6, 6.07) is 0. The summed E-state index contributed by atoms with van der Waals surface area (Å²) in [7, 11) is 0. The highest BCUT2D eigenvalue weighted by Crippen LogP contribution is 1.36. The quantitative estimate of drug-likeness (QED) is 0.308. The summed E-state index contributed by atoms with van der Waals surface area (Å²) in [4.78, 5) is 0. The van der Waals surface area contributed by atoms with Crippen LogP contribution in [0.2, 0.25) is 4.14 Å². The van der Waals surface area contributed by atoms with Gasteiger partial charge in [-0.1, -0.05) is 0 Å². The molecule has 0 saturated carbocycles. The molecule has 0 aliphatic carbocycles. The Morgan fingerprint density at radius 2 is 0.714 bits per heavy atom. The fourth-order valence-electron chi connectivity index (χ4n) is 0. The van der Waals surface area contributed by atoms with Crippen LogP contribution in [0, 0.1) is 0 Å². The summed E-state index contributed by atoms with van der Waals surface area (Å²) in [6.45, 7) is 0. The van der Waals surface area contributed by atoms with E-state index in [0.29, 0.717) is 0 Å². The van der Waals surface area contributed by atoms with Gasteiger partial charge >= 0.3 is 0 Å². The van der Waals surface area contributed by atoms with Crippen LogP contribution < -0.4 is 0 Å². The summed E-state index contributed by atoms with van der Waals surface area (Å²) >= 11 is 5.08. The van der Waals surface area contributed by atoms with Crippen LogP contribution in [0.5, 0.6) is 0 Å². The van der Waals surface area contributed by atoms with Crippen LogP contribution in [0.15, 0.2) is 0 Å². The molecule has 0 atom stereocenters. The van der Waals surface area contributed by atoms with E-state index < -0.39 is 0 Å². The molecular formula is CH10Al2O4. The van der Waals surface area contributed by atoms with Crippen molar-refractivity contribution in [3.63, 3.8) is 0 Å². The van der Waals surface area contributed by atoms with Crippen LogP contribution in [0.4, 0.5) is 0 Å². The molecule has 0 aliphatic rings. The first kappa shape index (κ1) is 44.7. The second-order valence-electron chi connectivity index (χ2n) is 0.236. The molecule has 0 aromatic heterocycles. The SMILES string of the molecule is O.O.O.O.[Al][CH2][Al]. The van der Waals surface area contributed by atoms with Crippen molar-refractivity contribution in [3.05, 3.63) is 0 Å². The smallest absolute Gasteiger partial charge is 0.0934 e. The van der Waals surface area contributed by atoms with Crippen molar-refractivity contribution in [3.8, 4) is 0 Å². The zero-order valence-corrected chi connectivity index (χ0v) is 6.17. The van der Waals surface area contributed by atoms with Gasteiger partial charge in [-0.05, 0) is 0 Å². The van der Waals surface area contributed by atoms with Gasteiger partial charge in [0.15, 0.2) is 0 Å². The molecule has 8 N–H and O–H groups in total. The van der Waals surface area contributed by atoms with Crippen molar-refractivity contribution in [2.45, 2.75) is 4.14 Å². The second kappa shape index (κ2) is 66.3. The average Bonchev–Trinajstić information content (AvgIpc) is 0.918. The molecule has 44 valence electrons. The van der Waals surface area contributed by atoms with Crippen LogP contribution >= 0.6 is 0 Å². The van der Waals surface area contributed by atoms with E-state index in [1.807, 2.05) is 0 Å². The van der Waals surface area contributed by atoms with Gasteiger partial charge in [-0.25, -0.2) is 0 Å². The highest BCUT2D eigenvalue weighted by Gasteiger charge is 1.38. The van der Waals surface area contributed by atoms with Gasteiger partial charge in [0, 0.05) is 0 Å².